The van der Waals surface area contributed by atoms with Crippen molar-refractivity contribution in [2.24, 2.45) is 11.1 Å². The van der Waals surface area contributed by atoms with Gasteiger partial charge in [0.2, 0.25) is 6.79 Å². The van der Waals surface area contributed by atoms with E-state index in [0.717, 1.165) is 29.2 Å². The highest BCUT2D eigenvalue weighted by molar-refractivity contribution is 6.06. The molecule has 2 aliphatic rings. The van der Waals surface area contributed by atoms with Gasteiger partial charge in [-0.3, -0.25) is 0 Å². The van der Waals surface area contributed by atoms with E-state index in [4.69, 9.17) is 14.7 Å². The van der Waals surface area contributed by atoms with Crippen LogP contribution < -0.4 is 9.47 Å². The number of hydrogen-bond acceptors (Lipinski definition) is 4. The van der Waals surface area contributed by atoms with Crippen LogP contribution >= 0.6 is 0 Å². The topological polar surface area (TPSA) is 51.1 Å². The molecule has 1 heterocycles. The molecule has 1 unspecified atom stereocenters. The lowest BCUT2D eigenvalue weighted by atomic mass is 10.1. The van der Waals surface area contributed by atoms with Gasteiger partial charge >= 0.3 is 0 Å². The van der Waals surface area contributed by atoms with Crippen molar-refractivity contribution in [2.45, 2.75) is 13.3 Å². The minimum absolute atomic E-state index is 0.257. The molecule has 4 nitrogen and oxygen atoms in total. The maximum absolute atomic E-state index is 8.95. The highest BCUT2D eigenvalue weighted by Gasteiger charge is 2.29. The molecule has 1 aromatic rings. The third-order valence-corrected chi connectivity index (χ3v) is 2.97. The molecule has 1 aliphatic heterocycles. The van der Waals surface area contributed by atoms with Crippen LogP contribution in [0.2, 0.25) is 0 Å². The van der Waals surface area contributed by atoms with Crippen molar-refractivity contribution in [3.8, 4) is 11.5 Å². The maximum atomic E-state index is 8.95. The molecule has 1 aromatic carbocycles. The zero-order valence-electron chi connectivity index (χ0n) is 8.36. The summed E-state index contributed by atoms with van der Waals surface area (Å²) >= 11 is 0. The first-order valence-electron chi connectivity index (χ1n) is 4.94. The van der Waals surface area contributed by atoms with Gasteiger partial charge in [-0.1, -0.05) is 12.1 Å². The molecule has 0 bridgehead atoms. The van der Waals surface area contributed by atoms with Gasteiger partial charge in [-0.25, -0.2) is 0 Å². The first kappa shape index (κ1) is 8.59. The van der Waals surface area contributed by atoms with Crippen molar-refractivity contribution < 1.29 is 14.7 Å². The van der Waals surface area contributed by atoms with Crippen LogP contribution in [0.1, 0.15) is 18.1 Å². The smallest absolute Gasteiger partial charge is 0.231 e. The fraction of sp³-hybridized carbons (Fsp3) is 0.364. The van der Waals surface area contributed by atoms with Gasteiger partial charge in [0.05, 0.1) is 5.71 Å². The first-order valence-corrected chi connectivity index (χ1v) is 4.94. The molecule has 0 saturated carbocycles. The van der Waals surface area contributed by atoms with Crippen molar-refractivity contribution in [1.82, 2.24) is 0 Å². The maximum Gasteiger partial charge on any atom is 0.231 e. The van der Waals surface area contributed by atoms with E-state index in [1.54, 1.807) is 0 Å². The Morgan fingerprint density at radius 2 is 2.07 bits per heavy atom. The molecule has 1 atom stereocenters. The second-order valence-electron chi connectivity index (χ2n) is 3.95. The summed E-state index contributed by atoms with van der Waals surface area (Å²) in [5.41, 5.74) is 2.89. The third-order valence-electron chi connectivity index (χ3n) is 2.97. The monoisotopic (exact) mass is 205 g/mol. The number of nitrogens with zero attached hydrogens (tertiary/aromatic N) is 1. The molecule has 1 N–H and O–H groups in total. The summed E-state index contributed by atoms with van der Waals surface area (Å²) in [5, 5.41) is 12.3. The predicted octanol–water partition coefficient (Wildman–Crippen LogP) is 1.79. The molecule has 0 aromatic heterocycles. The van der Waals surface area contributed by atoms with E-state index in [0.29, 0.717) is 0 Å². The number of benzene rings is 1. The lowest BCUT2D eigenvalue weighted by Crippen LogP contribution is -2.05. The Balaban J connectivity index is 2.17. The molecular formula is C11H11NO3. The van der Waals surface area contributed by atoms with Crippen LogP contribution in [0.4, 0.5) is 0 Å². The fourth-order valence-corrected chi connectivity index (χ4v) is 2.24. The van der Waals surface area contributed by atoms with Crippen LogP contribution in [0.15, 0.2) is 17.3 Å². The van der Waals surface area contributed by atoms with Gasteiger partial charge in [-0.15, -0.1) is 0 Å². The van der Waals surface area contributed by atoms with Crippen LogP contribution in [0.5, 0.6) is 11.5 Å². The van der Waals surface area contributed by atoms with E-state index in [2.05, 4.69) is 5.16 Å². The zero-order valence-corrected chi connectivity index (χ0v) is 8.36. The quantitative estimate of drug-likeness (QED) is 0.519. The number of fused-ring (bicyclic) bond motifs is 2. The summed E-state index contributed by atoms with van der Waals surface area (Å²) in [4.78, 5) is 0. The van der Waals surface area contributed by atoms with Gasteiger partial charge in [0.1, 0.15) is 0 Å². The molecule has 15 heavy (non-hydrogen) atoms. The molecule has 0 saturated heterocycles. The summed E-state index contributed by atoms with van der Waals surface area (Å²) in [6, 6.07) is 3.88. The van der Waals surface area contributed by atoms with Crippen LogP contribution in [0, 0.1) is 5.92 Å². The summed E-state index contributed by atoms with van der Waals surface area (Å²) in [7, 11) is 0. The first-order chi connectivity index (χ1) is 7.29. The number of hydrogen-bond donors (Lipinski definition) is 1. The largest absolute Gasteiger partial charge is 0.454 e. The summed E-state index contributed by atoms with van der Waals surface area (Å²) in [5.74, 6) is 1.79. The highest BCUT2D eigenvalue weighted by atomic mass is 16.7. The van der Waals surface area contributed by atoms with Gasteiger partial charge in [-0.2, -0.15) is 0 Å². The summed E-state index contributed by atoms with van der Waals surface area (Å²) in [6.45, 7) is 2.32. The van der Waals surface area contributed by atoms with E-state index in [1.807, 2.05) is 19.1 Å². The van der Waals surface area contributed by atoms with Gasteiger partial charge in [0, 0.05) is 11.5 Å². The molecule has 4 heteroatoms. The van der Waals surface area contributed by atoms with E-state index in [-0.39, 0.29) is 12.7 Å². The van der Waals surface area contributed by atoms with Crippen LogP contribution in [0.25, 0.3) is 0 Å². The standard InChI is InChI=1S/C11H11NO3/c1-6-2-7-3-9-10(15-5-14-9)4-8(7)11(6)12-13/h3-4,6,13H,2,5H2,1H3/b12-11+. The predicted molar refractivity (Wildman–Crippen MR) is 53.8 cm³/mol. The normalized spacial score (nSPS) is 24.6. The van der Waals surface area contributed by atoms with Crippen molar-refractivity contribution in [3.63, 3.8) is 0 Å². The number of ether oxygens (including phenoxy) is 2. The lowest BCUT2D eigenvalue weighted by Gasteiger charge is -2.02. The summed E-state index contributed by atoms with van der Waals surface area (Å²) in [6.07, 6.45) is 0.894. The Bertz CT molecular complexity index is 453. The lowest BCUT2D eigenvalue weighted by molar-refractivity contribution is 0.174. The Labute approximate surface area is 87.1 Å². The third kappa shape index (κ3) is 1.11. The van der Waals surface area contributed by atoms with E-state index >= 15 is 0 Å². The Kier molecular flexibility index (Phi) is 1.65. The second-order valence-corrected chi connectivity index (χ2v) is 3.95. The molecule has 0 radical (unpaired) electrons. The van der Waals surface area contributed by atoms with Gasteiger partial charge in [-0.05, 0) is 24.1 Å². The Hall–Kier alpha value is -1.71. The molecule has 0 amide bonds. The Morgan fingerprint density at radius 1 is 1.33 bits per heavy atom. The SMILES string of the molecule is CC1Cc2cc3c(cc2/C1=N/O)OCO3. The second kappa shape index (κ2) is 2.89. The van der Waals surface area contributed by atoms with Crippen LogP contribution in [-0.4, -0.2) is 17.7 Å². The average molecular weight is 205 g/mol. The zero-order chi connectivity index (χ0) is 10.4. The van der Waals surface area contributed by atoms with E-state index in [9.17, 15) is 0 Å². The van der Waals surface area contributed by atoms with Gasteiger partial charge in [0.25, 0.3) is 0 Å². The Morgan fingerprint density at radius 3 is 2.80 bits per heavy atom. The molecule has 1 aliphatic carbocycles. The minimum Gasteiger partial charge on any atom is -0.454 e. The molecule has 0 fully saturated rings. The number of oxime groups is 1. The fourth-order valence-electron chi connectivity index (χ4n) is 2.24. The van der Waals surface area contributed by atoms with Crippen LogP contribution in [-0.2, 0) is 6.42 Å². The van der Waals surface area contributed by atoms with E-state index in [1.165, 1.54) is 5.56 Å². The van der Waals surface area contributed by atoms with Gasteiger partial charge in [0.15, 0.2) is 11.5 Å². The molecule has 78 valence electrons. The molecule has 3 rings (SSSR count). The molecule has 0 spiro atoms. The molecular weight excluding hydrogens is 194 g/mol. The van der Waals surface area contributed by atoms with E-state index < -0.39 is 0 Å². The average Bonchev–Trinajstić information content (AvgIpc) is 2.76. The highest BCUT2D eigenvalue weighted by Crippen LogP contribution is 2.39. The van der Waals surface area contributed by atoms with Crippen LogP contribution in [0.3, 0.4) is 0 Å². The van der Waals surface area contributed by atoms with Crippen molar-refractivity contribution in [2.75, 3.05) is 6.79 Å². The van der Waals surface area contributed by atoms with Crippen molar-refractivity contribution in [1.29, 1.82) is 0 Å². The number of rotatable bonds is 0. The summed E-state index contributed by atoms with van der Waals surface area (Å²) < 4.78 is 10.6. The van der Waals surface area contributed by atoms with Crippen molar-refractivity contribution >= 4 is 5.71 Å². The van der Waals surface area contributed by atoms with Gasteiger partial charge < -0.3 is 14.7 Å². The minimum atomic E-state index is 0.257. The van der Waals surface area contributed by atoms with Crippen molar-refractivity contribution in [3.05, 3.63) is 23.3 Å².